The van der Waals surface area contributed by atoms with Gasteiger partial charge in [-0.05, 0) is 27.7 Å². The van der Waals surface area contributed by atoms with E-state index in [1.54, 1.807) is 48.5 Å². The summed E-state index contributed by atoms with van der Waals surface area (Å²) in [5.74, 6) is -1.07. The second-order valence-electron chi connectivity index (χ2n) is 6.26. The molecule has 16 heavy (non-hydrogen) atoms. The number of carboxylic acid groups (broad SMARTS) is 1. The maximum absolute atomic E-state index is 11.8. The van der Waals surface area contributed by atoms with Crippen molar-refractivity contribution >= 4 is 11.9 Å². The van der Waals surface area contributed by atoms with Crippen molar-refractivity contribution in [1.82, 2.24) is 5.32 Å². The van der Waals surface area contributed by atoms with E-state index >= 15 is 0 Å². The molecule has 0 aromatic heterocycles. The lowest BCUT2D eigenvalue weighted by Crippen LogP contribution is -2.58. The average molecular weight is 229 g/mol. The number of rotatable bonds is 3. The Bertz CT molecular complexity index is 298. The number of nitrogens with one attached hydrogen (secondary N) is 1. The molecule has 4 heteroatoms. The van der Waals surface area contributed by atoms with Crippen LogP contribution in [-0.2, 0) is 9.59 Å². The van der Waals surface area contributed by atoms with Gasteiger partial charge >= 0.3 is 5.97 Å². The number of hydrogen-bond donors (Lipinski definition) is 2. The Morgan fingerprint density at radius 3 is 1.56 bits per heavy atom. The highest BCUT2D eigenvalue weighted by Crippen LogP contribution is 2.31. The molecule has 1 amide bonds. The molecule has 0 saturated carbocycles. The summed E-state index contributed by atoms with van der Waals surface area (Å²) in [6.07, 6.45) is 0. The highest BCUT2D eigenvalue weighted by molar-refractivity contribution is 5.84. The lowest BCUT2D eigenvalue weighted by atomic mass is 9.74. The van der Waals surface area contributed by atoms with E-state index in [2.05, 4.69) is 5.32 Å². The molecule has 0 bridgehead atoms. The molecule has 0 saturated heterocycles. The van der Waals surface area contributed by atoms with Gasteiger partial charge in [0.05, 0.1) is 5.41 Å². The van der Waals surface area contributed by atoms with Gasteiger partial charge in [0, 0.05) is 11.0 Å². The van der Waals surface area contributed by atoms with Gasteiger partial charge in [0.25, 0.3) is 0 Å². The van der Waals surface area contributed by atoms with E-state index in [9.17, 15) is 9.59 Å². The van der Waals surface area contributed by atoms with Crippen molar-refractivity contribution in [2.45, 2.75) is 54.0 Å². The van der Waals surface area contributed by atoms with E-state index in [-0.39, 0.29) is 5.91 Å². The zero-order chi connectivity index (χ0) is 13.4. The van der Waals surface area contributed by atoms with Gasteiger partial charge in [-0.25, -0.2) is 0 Å². The molecule has 0 aromatic carbocycles. The molecule has 0 aromatic rings. The van der Waals surface area contributed by atoms with Crippen LogP contribution in [0.15, 0.2) is 0 Å². The molecular weight excluding hydrogens is 206 g/mol. The minimum atomic E-state index is -1.02. The van der Waals surface area contributed by atoms with Crippen LogP contribution in [0.2, 0.25) is 0 Å². The minimum Gasteiger partial charge on any atom is -0.481 e. The summed E-state index contributed by atoms with van der Waals surface area (Å²) < 4.78 is 0. The molecule has 0 aliphatic rings. The predicted octanol–water partition coefficient (Wildman–Crippen LogP) is 2.04. The van der Waals surface area contributed by atoms with Gasteiger partial charge in [-0.15, -0.1) is 0 Å². The normalized spacial score (nSPS) is 13.4. The third kappa shape index (κ3) is 2.97. The molecule has 94 valence electrons. The van der Waals surface area contributed by atoms with E-state index < -0.39 is 22.3 Å². The summed E-state index contributed by atoms with van der Waals surface area (Å²) in [5, 5.41) is 11.9. The Balaban J connectivity index is 4.97. The molecule has 0 aliphatic carbocycles. The number of carbonyl (C=O) groups is 2. The molecule has 0 aliphatic heterocycles. The minimum absolute atomic E-state index is 0.146. The Morgan fingerprint density at radius 1 is 0.938 bits per heavy atom. The summed E-state index contributed by atoms with van der Waals surface area (Å²) in [5.41, 5.74) is -2.34. The van der Waals surface area contributed by atoms with Gasteiger partial charge in [-0.3, -0.25) is 9.59 Å². The molecule has 0 heterocycles. The van der Waals surface area contributed by atoms with Crippen LogP contribution in [0.5, 0.6) is 0 Å². The van der Waals surface area contributed by atoms with Gasteiger partial charge in [-0.1, -0.05) is 20.8 Å². The van der Waals surface area contributed by atoms with Crippen molar-refractivity contribution in [3.8, 4) is 0 Å². The smallest absolute Gasteiger partial charge is 0.311 e. The lowest BCUT2D eigenvalue weighted by Gasteiger charge is -2.40. The second kappa shape index (κ2) is 4.07. The molecule has 0 spiro atoms. The van der Waals surface area contributed by atoms with Gasteiger partial charge in [-0.2, -0.15) is 0 Å². The highest BCUT2D eigenvalue weighted by atomic mass is 16.4. The van der Waals surface area contributed by atoms with Crippen molar-refractivity contribution in [3.05, 3.63) is 0 Å². The topological polar surface area (TPSA) is 66.4 Å². The number of aliphatic carboxylic acids is 1. The number of carboxylic acids is 1. The van der Waals surface area contributed by atoms with Crippen molar-refractivity contribution in [1.29, 1.82) is 0 Å². The third-order valence-corrected chi connectivity index (χ3v) is 3.20. The molecule has 0 atom stereocenters. The summed E-state index contributed by atoms with van der Waals surface area (Å²) in [6, 6.07) is 0. The zero-order valence-electron chi connectivity index (χ0n) is 11.3. The Labute approximate surface area is 97.4 Å². The number of amides is 1. The van der Waals surface area contributed by atoms with Gasteiger partial charge in [0.15, 0.2) is 0 Å². The van der Waals surface area contributed by atoms with Crippen LogP contribution in [0.3, 0.4) is 0 Å². The van der Waals surface area contributed by atoms with Gasteiger partial charge in [0.1, 0.15) is 0 Å². The van der Waals surface area contributed by atoms with Crippen LogP contribution < -0.4 is 5.32 Å². The molecule has 0 unspecified atom stereocenters. The quantitative estimate of drug-likeness (QED) is 0.778. The summed E-state index contributed by atoms with van der Waals surface area (Å²) in [7, 11) is 0. The maximum atomic E-state index is 11.8. The molecule has 2 N–H and O–H groups in total. The number of hydrogen-bond acceptors (Lipinski definition) is 2. The molecule has 4 nitrogen and oxygen atoms in total. The standard InChI is InChI=1S/C12H23NO3/c1-10(2,3)8(14)13-12(6,7)11(4,5)9(15)16/h1-7H3,(H,13,14)(H,15,16). The van der Waals surface area contributed by atoms with Crippen LogP contribution in [0, 0.1) is 10.8 Å². The first kappa shape index (κ1) is 14.9. The third-order valence-electron chi connectivity index (χ3n) is 3.20. The SMILES string of the molecule is CC(C)(C)C(=O)NC(C)(C)C(C)(C)C(=O)O. The number of carbonyl (C=O) groups excluding carboxylic acids is 1. The highest BCUT2D eigenvalue weighted by Gasteiger charge is 2.45. The van der Waals surface area contributed by atoms with E-state index in [0.717, 1.165) is 0 Å². The van der Waals surface area contributed by atoms with Crippen LogP contribution in [0.1, 0.15) is 48.5 Å². The summed E-state index contributed by atoms with van der Waals surface area (Å²) >= 11 is 0. The molecule has 0 rings (SSSR count). The van der Waals surface area contributed by atoms with E-state index in [1.807, 2.05) is 0 Å². The van der Waals surface area contributed by atoms with Crippen molar-refractivity contribution in [3.63, 3.8) is 0 Å². The lowest BCUT2D eigenvalue weighted by molar-refractivity contribution is -0.152. The van der Waals surface area contributed by atoms with Crippen LogP contribution in [-0.4, -0.2) is 22.5 Å². The van der Waals surface area contributed by atoms with Gasteiger partial charge in [0.2, 0.25) is 5.91 Å². The zero-order valence-corrected chi connectivity index (χ0v) is 11.3. The first-order valence-corrected chi connectivity index (χ1v) is 5.38. The second-order valence-corrected chi connectivity index (χ2v) is 6.26. The predicted molar refractivity (Wildman–Crippen MR) is 63.1 cm³/mol. The fourth-order valence-electron chi connectivity index (χ4n) is 0.895. The Hall–Kier alpha value is -1.06. The van der Waals surface area contributed by atoms with Crippen molar-refractivity contribution < 1.29 is 14.7 Å². The first-order valence-electron chi connectivity index (χ1n) is 5.38. The Morgan fingerprint density at radius 2 is 1.31 bits per heavy atom. The molecule has 0 fully saturated rings. The largest absolute Gasteiger partial charge is 0.481 e. The fourth-order valence-corrected chi connectivity index (χ4v) is 0.895. The van der Waals surface area contributed by atoms with Crippen LogP contribution in [0.25, 0.3) is 0 Å². The van der Waals surface area contributed by atoms with Crippen molar-refractivity contribution in [2.24, 2.45) is 10.8 Å². The van der Waals surface area contributed by atoms with Crippen LogP contribution in [0.4, 0.5) is 0 Å². The molecular formula is C12H23NO3. The molecule has 0 radical (unpaired) electrons. The summed E-state index contributed by atoms with van der Waals surface area (Å²) in [6.45, 7) is 12.1. The van der Waals surface area contributed by atoms with E-state index in [1.165, 1.54) is 0 Å². The Kier molecular flexibility index (Phi) is 3.80. The van der Waals surface area contributed by atoms with E-state index in [0.29, 0.717) is 0 Å². The summed E-state index contributed by atoms with van der Waals surface area (Å²) in [4.78, 5) is 23.0. The fraction of sp³-hybridized carbons (Fsp3) is 0.833. The van der Waals surface area contributed by atoms with Crippen molar-refractivity contribution in [2.75, 3.05) is 0 Å². The first-order chi connectivity index (χ1) is 6.82. The van der Waals surface area contributed by atoms with Gasteiger partial charge < -0.3 is 10.4 Å². The average Bonchev–Trinajstić information content (AvgIpc) is 2.00. The maximum Gasteiger partial charge on any atom is 0.311 e. The van der Waals surface area contributed by atoms with E-state index in [4.69, 9.17) is 5.11 Å². The monoisotopic (exact) mass is 229 g/mol. The van der Waals surface area contributed by atoms with Crippen LogP contribution >= 0.6 is 0 Å².